The van der Waals surface area contributed by atoms with Crippen molar-refractivity contribution < 1.29 is 25.2 Å². The lowest BCUT2D eigenvalue weighted by Gasteiger charge is -2.40. The number of hydrogen-bond acceptors (Lipinski definition) is 6. The first-order valence-corrected chi connectivity index (χ1v) is 6.77. The monoisotopic (exact) mass is 294 g/mol. The van der Waals surface area contributed by atoms with E-state index in [-0.39, 0.29) is 5.11 Å². The molecule has 0 amide bonds. The number of hydrogen-bond donors (Lipinski definition) is 6. The molecule has 19 heavy (non-hydrogen) atoms. The lowest BCUT2D eigenvalue weighted by molar-refractivity contribution is -0.232. The van der Waals surface area contributed by atoms with Gasteiger partial charge in [-0.25, -0.2) is 0 Å². The first-order chi connectivity index (χ1) is 9.01. The van der Waals surface area contributed by atoms with E-state index in [9.17, 15) is 15.3 Å². The number of rotatable bonds is 5. The van der Waals surface area contributed by atoms with E-state index in [0.29, 0.717) is 6.54 Å². The van der Waals surface area contributed by atoms with Crippen LogP contribution in [-0.4, -0.2) is 69.3 Å². The quantitative estimate of drug-likeness (QED) is 0.256. The second-order valence-electron chi connectivity index (χ2n) is 4.50. The van der Waals surface area contributed by atoms with Crippen LogP contribution < -0.4 is 10.6 Å². The predicted octanol–water partition coefficient (Wildman–Crippen LogP) is -1.95. The maximum absolute atomic E-state index is 9.78. The van der Waals surface area contributed by atoms with E-state index in [1.807, 2.05) is 0 Å². The summed E-state index contributed by atoms with van der Waals surface area (Å²) in [6.45, 7) is 2.29. The number of thiocarbonyl (C=S) groups is 1. The smallest absolute Gasteiger partial charge is 0.168 e. The van der Waals surface area contributed by atoms with Crippen LogP contribution in [-0.2, 0) is 4.74 Å². The largest absolute Gasteiger partial charge is 0.394 e. The van der Waals surface area contributed by atoms with Crippen LogP contribution in [0.2, 0.25) is 0 Å². The van der Waals surface area contributed by atoms with Gasteiger partial charge in [-0.1, -0.05) is 13.3 Å². The molecule has 1 fully saturated rings. The summed E-state index contributed by atoms with van der Waals surface area (Å²) >= 11 is 5.02. The molecular formula is C11H22N2O5S. The number of aliphatic hydroxyl groups excluding tert-OH is 4. The van der Waals surface area contributed by atoms with Crippen molar-refractivity contribution in [2.24, 2.45) is 0 Å². The third-order valence-electron chi connectivity index (χ3n) is 2.98. The van der Waals surface area contributed by atoms with E-state index in [2.05, 4.69) is 17.6 Å². The molecule has 5 atom stereocenters. The molecule has 1 aliphatic rings. The highest BCUT2D eigenvalue weighted by Crippen LogP contribution is 2.19. The van der Waals surface area contributed by atoms with E-state index < -0.39 is 37.3 Å². The fourth-order valence-electron chi connectivity index (χ4n) is 1.78. The minimum Gasteiger partial charge on any atom is -0.394 e. The van der Waals surface area contributed by atoms with Crippen molar-refractivity contribution in [3.8, 4) is 0 Å². The fourth-order valence-corrected chi connectivity index (χ4v) is 2.00. The van der Waals surface area contributed by atoms with Gasteiger partial charge in [0.25, 0.3) is 0 Å². The molecule has 0 radical (unpaired) electrons. The van der Waals surface area contributed by atoms with Gasteiger partial charge in [-0.2, -0.15) is 0 Å². The summed E-state index contributed by atoms with van der Waals surface area (Å²) < 4.78 is 5.26. The topological polar surface area (TPSA) is 114 Å². The summed E-state index contributed by atoms with van der Waals surface area (Å²) in [7, 11) is 0. The maximum Gasteiger partial charge on any atom is 0.168 e. The molecular weight excluding hydrogens is 272 g/mol. The lowest BCUT2D eigenvalue weighted by atomic mass is 9.98. The molecule has 0 saturated carbocycles. The van der Waals surface area contributed by atoms with Crippen LogP contribution in [0.15, 0.2) is 0 Å². The minimum atomic E-state index is -1.40. The lowest BCUT2D eigenvalue weighted by Crippen LogP contribution is -2.64. The Labute approximate surface area is 117 Å². The molecule has 0 aromatic heterocycles. The van der Waals surface area contributed by atoms with Gasteiger partial charge in [-0.15, -0.1) is 0 Å². The Balaban J connectivity index is 2.49. The summed E-state index contributed by atoms with van der Waals surface area (Å²) in [4.78, 5) is 0. The standard InChI is InChI=1S/C11H22N2O5S/c1-2-3-4-12-11(19)13-10-9(17)8(16)7(15)6(5-14)18-10/h6-10,14-17H,2-5H2,1H3,(H2,12,13,19)/t6-,7+,8+,9+,10-/m0/s1. The van der Waals surface area contributed by atoms with Gasteiger partial charge in [0.2, 0.25) is 0 Å². The third kappa shape index (κ3) is 4.51. The third-order valence-corrected chi connectivity index (χ3v) is 3.24. The molecule has 0 aliphatic carbocycles. The summed E-state index contributed by atoms with van der Waals surface area (Å²) in [5, 5.41) is 44.0. The zero-order valence-electron chi connectivity index (χ0n) is 10.8. The molecule has 6 N–H and O–H groups in total. The van der Waals surface area contributed by atoms with Crippen LogP contribution in [0.4, 0.5) is 0 Å². The van der Waals surface area contributed by atoms with Crippen molar-refractivity contribution in [1.82, 2.24) is 10.6 Å². The normalized spacial score (nSPS) is 34.9. The molecule has 1 rings (SSSR count). The molecule has 0 aromatic carbocycles. The average Bonchev–Trinajstić information content (AvgIpc) is 2.39. The van der Waals surface area contributed by atoms with Gasteiger partial charge in [0, 0.05) is 6.54 Å². The highest BCUT2D eigenvalue weighted by molar-refractivity contribution is 7.80. The molecule has 1 heterocycles. The zero-order chi connectivity index (χ0) is 14.4. The number of nitrogens with one attached hydrogen (secondary N) is 2. The predicted molar refractivity (Wildman–Crippen MR) is 72.4 cm³/mol. The van der Waals surface area contributed by atoms with Crippen LogP contribution in [0.1, 0.15) is 19.8 Å². The van der Waals surface area contributed by atoms with Gasteiger partial charge in [-0.3, -0.25) is 0 Å². The van der Waals surface area contributed by atoms with E-state index >= 15 is 0 Å². The van der Waals surface area contributed by atoms with Gasteiger partial charge >= 0.3 is 0 Å². The Morgan fingerprint density at radius 2 is 1.89 bits per heavy atom. The average molecular weight is 294 g/mol. The van der Waals surface area contributed by atoms with Crippen LogP contribution in [0.25, 0.3) is 0 Å². The SMILES string of the molecule is CCCCNC(=S)N[C@H]1O[C@@H](CO)[C@@H](O)[C@@H](O)[C@H]1O. The van der Waals surface area contributed by atoms with E-state index in [0.717, 1.165) is 12.8 Å². The summed E-state index contributed by atoms with van der Waals surface area (Å²) in [6, 6.07) is 0. The molecule has 0 aromatic rings. The van der Waals surface area contributed by atoms with Crippen molar-refractivity contribution in [3.63, 3.8) is 0 Å². The number of aliphatic hydroxyl groups is 4. The van der Waals surface area contributed by atoms with Crippen LogP contribution in [0.5, 0.6) is 0 Å². The van der Waals surface area contributed by atoms with Crippen molar-refractivity contribution in [2.45, 2.75) is 50.4 Å². The van der Waals surface area contributed by atoms with Crippen molar-refractivity contribution in [1.29, 1.82) is 0 Å². The van der Waals surface area contributed by atoms with Gasteiger partial charge < -0.3 is 35.8 Å². The molecule has 0 bridgehead atoms. The first kappa shape index (κ1) is 16.5. The molecule has 7 nitrogen and oxygen atoms in total. The highest BCUT2D eigenvalue weighted by Gasteiger charge is 2.43. The van der Waals surface area contributed by atoms with Gasteiger partial charge in [0.15, 0.2) is 11.3 Å². The molecule has 112 valence electrons. The van der Waals surface area contributed by atoms with Crippen LogP contribution >= 0.6 is 12.2 Å². The second kappa shape index (κ2) is 7.93. The van der Waals surface area contributed by atoms with Gasteiger partial charge in [0.1, 0.15) is 24.4 Å². The van der Waals surface area contributed by atoms with E-state index in [1.54, 1.807) is 0 Å². The number of ether oxygens (including phenoxy) is 1. The van der Waals surface area contributed by atoms with E-state index in [4.69, 9.17) is 22.1 Å². The van der Waals surface area contributed by atoms with Gasteiger partial charge in [0.05, 0.1) is 6.61 Å². The molecule has 0 spiro atoms. The van der Waals surface area contributed by atoms with Crippen molar-refractivity contribution >= 4 is 17.3 Å². The Hall–Kier alpha value is -0.510. The summed E-state index contributed by atoms with van der Waals surface area (Å²) in [6.07, 6.45) is -4.02. The highest BCUT2D eigenvalue weighted by atomic mass is 32.1. The van der Waals surface area contributed by atoms with Crippen LogP contribution in [0.3, 0.4) is 0 Å². The van der Waals surface area contributed by atoms with Crippen LogP contribution in [0, 0.1) is 0 Å². The Kier molecular flexibility index (Phi) is 6.90. The molecule has 1 aliphatic heterocycles. The zero-order valence-corrected chi connectivity index (χ0v) is 11.6. The fraction of sp³-hybridized carbons (Fsp3) is 0.909. The van der Waals surface area contributed by atoms with Crippen molar-refractivity contribution in [2.75, 3.05) is 13.2 Å². The minimum absolute atomic E-state index is 0.290. The first-order valence-electron chi connectivity index (χ1n) is 6.36. The molecule has 0 unspecified atom stereocenters. The van der Waals surface area contributed by atoms with E-state index in [1.165, 1.54) is 0 Å². The van der Waals surface area contributed by atoms with Crippen molar-refractivity contribution in [3.05, 3.63) is 0 Å². The maximum atomic E-state index is 9.78. The molecule has 8 heteroatoms. The molecule has 1 saturated heterocycles. The second-order valence-corrected chi connectivity index (χ2v) is 4.91. The number of unbranched alkanes of at least 4 members (excludes halogenated alkanes) is 1. The summed E-state index contributed by atoms with van der Waals surface area (Å²) in [5.41, 5.74) is 0. The van der Waals surface area contributed by atoms with Gasteiger partial charge in [-0.05, 0) is 18.6 Å². The summed E-state index contributed by atoms with van der Waals surface area (Å²) in [5.74, 6) is 0. The Morgan fingerprint density at radius 1 is 1.21 bits per heavy atom. The Morgan fingerprint density at radius 3 is 2.47 bits per heavy atom. The Bertz CT molecular complexity index is 292.